The van der Waals surface area contributed by atoms with Gasteiger partial charge < -0.3 is 4.90 Å². The summed E-state index contributed by atoms with van der Waals surface area (Å²) in [4.78, 5) is 26.6. The van der Waals surface area contributed by atoms with Crippen LogP contribution in [0.2, 0.25) is 0 Å². The van der Waals surface area contributed by atoms with Crippen molar-refractivity contribution in [1.82, 2.24) is 14.0 Å². The number of rotatable bonds is 5. The SMILES string of the molecule is CCN(CC)CCn1c2c(c(=O)n(C)c1=O)CCC2. The van der Waals surface area contributed by atoms with E-state index in [1.807, 2.05) is 4.57 Å². The van der Waals surface area contributed by atoms with E-state index in [4.69, 9.17) is 0 Å². The molecule has 0 fully saturated rings. The Morgan fingerprint density at radius 2 is 1.84 bits per heavy atom. The van der Waals surface area contributed by atoms with Crippen molar-refractivity contribution in [1.29, 1.82) is 0 Å². The summed E-state index contributed by atoms with van der Waals surface area (Å²) in [6.45, 7) is 7.75. The van der Waals surface area contributed by atoms with Crippen LogP contribution in [0.4, 0.5) is 0 Å². The van der Waals surface area contributed by atoms with Gasteiger partial charge in [-0.25, -0.2) is 4.79 Å². The van der Waals surface area contributed by atoms with Crippen molar-refractivity contribution >= 4 is 0 Å². The first-order valence-electron chi connectivity index (χ1n) is 7.14. The average Bonchev–Trinajstić information content (AvgIpc) is 2.90. The highest BCUT2D eigenvalue weighted by molar-refractivity contribution is 5.23. The minimum atomic E-state index is -0.169. The molecular weight excluding hydrogens is 242 g/mol. The highest BCUT2D eigenvalue weighted by Gasteiger charge is 2.21. The van der Waals surface area contributed by atoms with Gasteiger partial charge in [-0.1, -0.05) is 13.8 Å². The Morgan fingerprint density at radius 1 is 1.16 bits per heavy atom. The molecule has 19 heavy (non-hydrogen) atoms. The van der Waals surface area contributed by atoms with E-state index in [-0.39, 0.29) is 11.2 Å². The number of hydrogen-bond donors (Lipinski definition) is 0. The molecule has 1 aliphatic rings. The van der Waals surface area contributed by atoms with Crippen LogP contribution in [0, 0.1) is 0 Å². The van der Waals surface area contributed by atoms with E-state index in [0.717, 1.165) is 50.2 Å². The van der Waals surface area contributed by atoms with E-state index in [2.05, 4.69) is 18.7 Å². The Balaban J connectivity index is 2.36. The molecule has 0 amide bonds. The summed E-state index contributed by atoms with van der Waals surface area (Å²) in [6.07, 6.45) is 2.66. The zero-order valence-electron chi connectivity index (χ0n) is 12.1. The van der Waals surface area contributed by atoms with Gasteiger partial charge in [0, 0.05) is 31.4 Å². The first-order valence-corrected chi connectivity index (χ1v) is 7.14. The predicted molar refractivity (Wildman–Crippen MR) is 75.8 cm³/mol. The van der Waals surface area contributed by atoms with Gasteiger partial charge in [0.1, 0.15) is 0 Å². The van der Waals surface area contributed by atoms with Crippen molar-refractivity contribution < 1.29 is 0 Å². The van der Waals surface area contributed by atoms with Crippen molar-refractivity contribution in [2.75, 3.05) is 19.6 Å². The smallest absolute Gasteiger partial charge is 0.302 e. The lowest BCUT2D eigenvalue weighted by atomic mass is 10.2. The molecular formula is C14H23N3O2. The van der Waals surface area contributed by atoms with Crippen molar-refractivity contribution in [2.24, 2.45) is 7.05 Å². The van der Waals surface area contributed by atoms with Crippen LogP contribution in [0.25, 0.3) is 0 Å². The Morgan fingerprint density at radius 3 is 2.47 bits per heavy atom. The first-order chi connectivity index (χ1) is 9.10. The van der Waals surface area contributed by atoms with Gasteiger partial charge in [0.2, 0.25) is 0 Å². The summed E-state index contributed by atoms with van der Waals surface area (Å²) in [5.74, 6) is 0. The molecule has 0 aromatic carbocycles. The quantitative estimate of drug-likeness (QED) is 0.773. The summed E-state index contributed by atoms with van der Waals surface area (Å²) in [5.41, 5.74) is 1.55. The van der Waals surface area contributed by atoms with Gasteiger partial charge in [0.15, 0.2) is 0 Å². The van der Waals surface area contributed by atoms with Crippen LogP contribution in [-0.4, -0.2) is 33.7 Å². The van der Waals surface area contributed by atoms with Crippen molar-refractivity contribution in [3.05, 3.63) is 32.1 Å². The van der Waals surface area contributed by atoms with Gasteiger partial charge >= 0.3 is 5.69 Å². The molecule has 5 heteroatoms. The molecule has 1 aromatic heterocycles. The summed E-state index contributed by atoms with van der Waals surface area (Å²) < 4.78 is 3.06. The minimum absolute atomic E-state index is 0.100. The van der Waals surface area contributed by atoms with Crippen LogP contribution in [0.5, 0.6) is 0 Å². The lowest BCUT2D eigenvalue weighted by Crippen LogP contribution is -2.42. The molecule has 0 N–H and O–H groups in total. The molecule has 0 spiro atoms. The maximum Gasteiger partial charge on any atom is 0.330 e. The zero-order chi connectivity index (χ0) is 14.0. The molecule has 106 valence electrons. The predicted octanol–water partition coefficient (Wildman–Crippen LogP) is 0.378. The fourth-order valence-electron chi connectivity index (χ4n) is 2.85. The normalized spacial score (nSPS) is 14.1. The Hall–Kier alpha value is -1.36. The van der Waals surface area contributed by atoms with E-state index < -0.39 is 0 Å². The Kier molecular flexibility index (Phi) is 4.24. The van der Waals surface area contributed by atoms with E-state index in [1.54, 1.807) is 7.05 Å². The molecule has 0 saturated carbocycles. The molecule has 0 radical (unpaired) electrons. The molecule has 1 aromatic rings. The van der Waals surface area contributed by atoms with Crippen LogP contribution in [0.3, 0.4) is 0 Å². The number of fused-ring (bicyclic) bond motifs is 1. The third-order valence-electron chi connectivity index (χ3n) is 4.13. The lowest BCUT2D eigenvalue weighted by Gasteiger charge is -2.20. The lowest BCUT2D eigenvalue weighted by molar-refractivity contribution is 0.285. The van der Waals surface area contributed by atoms with Crippen LogP contribution in [-0.2, 0) is 26.4 Å². The van der Waals surface area contributed by atoms with Gasteiger partial charge in [0.05, 0.1) is 0 Å². The highest BCUT2D eigenvalue weighted by atomic mass is 16.2. The van der Waals surface area contributed by atoms with Crippen LogP contribution in [0.1, 0.15) is 31.5 Å². The zero-order valence-corrected chi connectivity index (χ0v) is 12.1. The van der Waals surface area contributed by atoms with E-state index in [9.17, 15) is 9.59 Å². The minimum Gasteiger partial charge on any atom is -0.302 e. The Labute approximate surface area is 113 Å². The molecule has 0 bridgehead atoms. The molecule has 0 atom stereocenters. The fraction of sp³-hybridized carbons (Fsp3) is 0.714. The second kappa shape index (κ2) is 5.74. The highest BCUT2D eigenvalue weighted by Crippen LogP contribution is 2.16. The van der Waals surface area contributed by atoms with E-state index in [0.29, 0.717) is 6.54 Å². The van der Waals surface area contributed by atoms with Gasteiger partial charge in [-0.3, -0.25) is 13.9 Å². The molecule has 5 nitrogen and oxygen atoms in total. The first kappa shape index (κ1) is 14.1. The molecule has 0 unspecified atom stereocenters. The van der Waals surface area contributed by atoms with Gasteiger partial charge in [-0.05, 0) is 32.4 Å². The number of likely N-dealkylation sites (N-methyl/N-ethyl adjacent to an activating group) is 1. The Bertz CT molecular complexity index is 567. The number of nitrogens with zero attached hydrogens (tertiary/aromatic N) is 3. The molecule has 1 aliphatic carbocycles. The number of hydrogen-bond acceptors (Lipinski definition) is 3. The second-order valence-corrected chi connectivity index (χ2v) is 5.10. The van der Waals surface area contributed by atoms with Crippen molar-refractivity contribution in [2.45, 2.75) is 39.7 Å². The third-order valence-corrected chi connectivity index (χ3v) is 4.13. The van der Waals surface area contributed by atoms with Crippen molar-refractivity contribution in [3.63, 3.8) is 0 Å². The van der Waals surface area contributed by atoms with E-state index in [1.165, 1.54) is 4.57 Å². The van der Waals surface area contributed by atoms with Crippen LogP contribution >= 0.6 is 0 Å². The maximum atomic E-state index is 12.2. The monoisotopic (exact) mass is 265 g/mol. The molecule has 0 aliphatic heterocycles. The van der Waals surface area contributed by atoms with Gasteiger partial charge in [-0.15, -0.1) is 0 Å². The van der Waals surface area contributed by atoms with Crippen LogP contribution in [0.15, 0.2) is 9.59 Å². The largest absolute Gasteiger partial charge is 0.330 e. The van der Waals surface area contributed by atoms with Crippen molar-refractivity contribution in [3.8, 4) is 0 Å². The summed E-state index contributed by atoms with van der Waals surface area (Å²) in [6, 6.07) is 0. The number of aromatic nitrogens is 2. The molecule has 2 rings (SSSR count). The maximum absolute atomic E-state index is 12.2. The fourth-order valence-corrected chi connectivity index (χ4v) is 2.85. The van der Waals surface area contributed by atoms with E-state index >= 15 is 0 Å². The van der Waals surface area contributed by atoms with Gasteiger partial charge in [0.25, 0.3) is 5.56 Å². The standard InChI is InChI=1S/C14H23N3O2/c1-4-16(5-2)9-10-17-12-8-6-7-11(12)13(18)15(3)14(17)19/h4-10H2,1-3H3. The van der Waals surface area contributed by atoms with Gasteiger partial charge in [-0.2, -0.15) is 0 Å². The summed E-state index contributed by atoms with van der Waals surface area (Å²) in [7, 11) is 1.58. The summed E-state index contributed by atoms with van der Waals surface area (Å²) in [5, 5.41) is 0. The second-order valence-electron chi connectivity index (χ2n) is 5.10. The topological polar surface area (TPSA) is 47.2 Å². The average molecular weight is 265 g/mol. The molecule has 1 heterocycles. The summed E-state index contributed by atoms with van der Waals surface area (Å²) >= 11 is 0. The van der Waals surface area contributed by atoms with Crippen LogP contribution < -0.4 is 11.2 Å². The molecule has 0 saturated heterocycles. The third kappa shape index (κ3) is 2.52.